The molecule has 1 aromatic carbocycles. The Balaban J connectivity index is 1.63. The quantitative estimate of drug-likeness (QED) is 0.910. The van der Waals surface area contributed by atoms with Crippen LogP contribution in [0.15, 0.2) is 24.3 Å². The van der Waals surface area contributed by atoms with Crippen LogP contribution in [-0.4, -0.2) is 31.1 Å². The lowest BCUT2D eigenvalue weighted by molar-refractivity contribution is 0.140. The maximum atomic E-state index is 3.56. The number of hydrogen-bond acceptors (Lipinski definition) is 2. The van der Waals surface area contributed by atoms with Crippen molar-refractivity contribution in [1.29, 1.82) is 0 Å². The van der Waals surface area contributed by atoms with Gasteiger partial charge < -0.3 is 5.32 Å². The van der Waals surface area contributed by atoms with Crippen molar-refractivity contribution in [3.05, 3.63) is 35.4 Å². The van der Waals surface area contributed by atoms with E-state index in [0.717, 1.165) is 24.4 Å². The minimum Gasteiger partial charge on any atom is -0.317 e. The van der Waals surface area contributed by atoms with Crippen LogP contribution in [0.3, 0.4) is 0 Å². The van der Waals surface area contributed by atoms with Crippen LogP contribution >= 0.6 is 0 Å². The van der Waals surface area contributed by atoms with Crippen molar-refractivity contribution >= 4 is 0 Å². The van der Waals surface area contributed by atoms with Gasteiger partial charge in [-0.2, -0.15) is 0 Å². The number of rotatable bonds is 3. The average molecular weight is 272 g/mol. The highest BCUT2D eigenvalue weighted by atomic mass is 15.1. The van der Waals surface area contributed by atoms with E-state index in [9.17, 15) is 0 Å². The highest BCUT2D eigenvalue weighted by molar-refractivity contribution is 5.29. The number of benzene rings is 1. The average Bonchev–Trinajstić information content (AvgIpc) is 2.47. The van der Waals surface area contributed by atoms with Gasteiger partial charge in [0.1, 0.15) is 0 Å². The first kappa shape index (κ1) is 14.1. The molecule has 1 aromatic rings. The summed E-state index contributed by atoms with van der Waals surface area (Å²) in [6, 6.07) is 9.69. The fraction of sp³-hybridized carbons (Fsp3) is 0.667. The highest BCUT2D eigenvalue weighted by Gasteiger charge is 2.29. The standard InChI is InChI=1S/C18H28N2/c1-14-7-8-18(19-2)17(11-14)13-20-10-9-15-5-3-4-6-16(15)12-20/h3-6,14,17-19H,7-13H2,1-2H3. The lowest BCUT2D eigenvalue weighted by atomic mass is 9.78. The summed E-state index contributed by atoms with van der Waals surface area (Å²) in [4.78, 5) is 2.68. The summed E-state index contributed by atoms with van der Waals surface area (Å²) in [5.41, 5.74) is 3.11. The molecule has 1 fully saturated rings. The number of nitrogens with zero attached hydrogens (tertiary/aromatic N) is 1. The fourth-order valence-electron chi connectivity index (χ4n) is 4.12. The molecule has 2 nitrogen and oxygen atoms in total. The van der Waals surface area contributed by atoms with Crippen LogP contribution in [0.1, 0.15) is 37.3 Å². The maximum Gasteiger partial charge on any atom is 0.0236 e. The summed E-state index contributed by atoms with van der Waals surface area (Å²) in [6.45, 7) is 6.07. The molecule has 0 bridgehead atoms. The Labute approximate surface area is 123 Å². The molecule has 3 unspecified atom stereocenters. The van der Waals surface area contributed by atoms with Crippen LogP contribution < -0.4 is 5.32 Å². The van der Waals surface area contributed by atoms with Crippen molar-refractivity contribution in [3.8, 4) is 0 Å². The molecule has 0 amide bonds. The van der Waals surface area contributed by atoms with Gasteiger partial charge in [0, 0.05) is 25.7 Å². The number of hydrogen-bond donors (Lipinski definition) is 1. The Morgan fingerprint density at radius 3 is 2.80 bits per heavy atom. The Hall–Kier alpha value is -0.860. The molecule has 1 aliphatic carbocycles. The molecule has 3 rings (SSSR count). The largest absolute Gasteiger partial charge is 0.317 e. The van der Waals surface area contributed by atoms with Gasteiger partial charge in [-0.05, 0) is 55.7 Å². The molecule has 0 saturated heterocycles. The molecule has 3 atom stereocenters. The summed E-state index contributed by atoms with van der Waals surface area (Å²) in [5.74, 6) is 1.73. The van der Waals surface area contributed by atoms with Gasteiger partial charge in [0.25, 0.3) is 0 Å². The molecule has 0 spiro atoms. The van der Waals surface area contributed by atoms with Crippen molar-refractivity contribution in [1.82, 2.24) is 10.2 Å². The normalized spacial score (nSPS) is 31.0. The van der Waals surface area contributed by atoms with Crippen LogP contribution in [0.25, 0.3) is 0 Å². The third kappa shape index (κ3) is 3.07. The Bertz CT molecular complexity index is 443. The van der Waals surface area contributed by atoms with E-state index in [1.54, 1.807) is 11.1 Å². The van der Waals surface area contributed by atoms with E-state index in [4.69, 9.17) is 0 Å². The molecule has 0 aromatic heterocycles. The molecule has 110 valence electrons. The van der Waals surface area contributed by atoms with Gasteiger partial charge in [0.15, 0.2) is 0 Å². The van der Waals surface area contributed by atoms with E-state index < -0.39 is 0 Å². The zero-order valence-corrected chi connectivity index (χ0v) is 12.9. The third-order valence-corrected chi connectivity index (χ3v) is 5.32. The summed E-state index contributed by atoms with van der Waals surface area (Å²) in [5, 5.41) is 3.56. The van der Waals surface area contributed by atoms with Gasteiger partial charge in [0.05, 0.1) is 0 Å². The van der Waals surface area contributed by atoms with E-state index in [2.05, 4.69) is 48.5 Å². The summed E-state index contributed by atoms with van der Waals surface area (Å²) >= 11 is 0. The van der Waals surface area contributed by atoms with Crippen molar-refractivity contribution in [2.75, 3.05) is 20.1 Å². The van der Waals surface area contributed by atoms with Crippen LogP contribution in [0.4, 0.5) is 0 Å². The molecular formula is C18H28N2. The van der Waals surface area contributed by atoms with Crippen molar-refractivity contribution < 1.29 is 0 Å². The predicted octanol–water partition coefficient (Wildman–Crippen LogP) is 3.07. The van der Waals surface area contributed by atoms with E-state index in [1.165, 1.54) is 38.8 Å². The summed E-state index contributed by atoms with van der Waals surface area (Å²) in [7, 11) is 2.14. The maximum absolute atomic E-state index is 3.56. The molecular weight excluding hydrogens is 244 g/mol. The van der Waals surface area contributed by atoms with E-state index in [0.29, 0.717) is 0 Å². The van der Waals surface area contributed by atoms with Crippen LogP contribution in [0.5, 0.6) is 0 Å². The molecule has 2 heteroatoms. The zero-order chi connectivity index (χ0) is 13.9. The zero-order valence-electron chi connectivity index (χ0n) is 12.9. The summed E-state index contributed by atoms with van der Waals surface area (Å²) < 4.78 is 0. The first-order chi connectivity index (χ1) is 9.76. The minimum absolute atomic E-state index is 0.725. The third-order valence-electron chi connectivity index (χ3n) is 5.32. The highest BCUT2D eigenvalue weighted by Crippen LogP contribution is 2.30. The van der Waals surface area contributed by atoms with E-state index in [-0.39, 0.29) is 0 Å². The molecule has 1 saturated carbocycles. The van der Waals surface area contributed by atoms with Gasteiger partial charge in [-0.15, -0.1) is 0 Å². The second-order valence-electron chi connectivity index (χ2n) is 6.83. The van der Waals surface area contributed by atoms with E-state index >= 15 is 0 Å². The number of fused-ring (bicyclic) bond motifs is 1. The van der Waals surface area contributed by atoms with Crippen LogP contribution in [0.2, 0.25) is 0 Å². The van der Waals surface area contributed by atoms with Crippen molar-refractivity contribution in [3.63, 3.8) is 0 Å². The van der Waals surface area contributed by atoms with Crippen LogP contribution in [0, 0.1) is 11.8 Å². The lowest BCUT2D eigenvalue weighted by Gasteiger charge is -2.39. The van der Waals surface area contributed by atoms with Gasteiger partial charge in [-0.25, -0.2) is 0 Å². The topological polar surface area (TPSA) is 15.3 Å². The molecule has 1 heterocycles. The van der Waals surface area contributed by atoms with Crippen molar-refractivity contribution in [2.24, 2.45) is 11.8 Å². The summed E-state index contributed by atoms with van der Waals surface area (Å²) in [6.07, 6.45) is 5.37. The number of nitrogens with one attached hydrogen (secondary N) is 1. The molecule has 1 aliphatic heterocycles. The second kappa shape index (κ2) is 6.28. The molecule has 2 aliphatic rings. The minimum atomic E-state index is 0.725. The SMILES string of the molecule is CNC1CCC(C)CC1CN1CCc2ccccc2C1. The first-order valence-electron chi connectivity index (χ1n) is 8.22. The Morgan fingerprint density at radius 2 is 2.00 bits per heavy atom. The van der Waals surface area contributed by atoms with Gasteiger partial charge in [0.2, 0.25) is 0 Å². The smallest absolute Gasteiger partial charge is 0.0236 e. The predicted molar refractivity (Wildman–Crippen MR) is 84.8 cm³/mol. The molecule has 20 heavy (non-hydrogen) atoms. The molecule has 1 N–H and O–H groups in total. The van der Waals surface area contributed by atoms with Crippen LogP contribution in [-0.2, 0) is 13.0 Å². The monoisotopic (exact) mass is 272 g/mol. The lowest BCUT2D eigenvalue weighted by Crippen LogP contribution is -2.45. The Kier molecular flexibility index (Phi) is 4.42. The Morgan fingerprint density at radius 1 is 1.20 bits per heavy atom. The van der Waals surface area contributed by atoms with Crippen molar-refractivity contribution in [2.45, 2.75) is 45.2 Å². The first-order valence-corrected chi connectivity index (χ1v) is 8.22. The van der Waals surface area contributed by atoms with E-state index in [1.807, 2.05) is 0 Å². The van der Waals surface area contributed by atoms with Gasteiger partial charge in [-0.1, -0.05) is 31.2 Å². The second-order valence-corrected chi connectivity index (χ2v) is 6.83. The van der Waals surface area contributed by atoms with Gasteiger partial charge >= 0.3 is 0 Å². The van der Waals surface area contributed by atoms with Gasteiger partial charge in [-0.3, -0.25) is 4.90 Å². The fourth-order valence-corrected chi connectivity index (χ4v) is 4.12. The molecule has 0 radical (unpaired) electrons.